The standard InChI is InChI=1S/C11H19NO4/c1-3-6-9(11(14)15)12-10(13)7-5-8-16-4-2/h3,9H,1,4-8H2,2H3,(H,12,13)(H,14,15). The van der Waals surface area contributed by atoms with Crippen molar-refractivity contribution in [3.8, 4) is 0 Å². The fourth-order valence-corrected chi connectivity index (χ4v) is 1.13. The zero-order valence-corrected chi connectivity index (χ0v) is 9.57. The van der Waals surface area contributed by atoms with Crippen molar-refractivity contribution in [3.05, 3.63) is 12.7 Å². The van der Waals surface area contributed by atoms with Crippen LogP contribution in [0.3, 0.4) is 0 Å². The first kappa shape index (κ1) is 14.6. The van der Waals surface area contributed by atoms with Crippen molar-refractivity contribution in [2.24, 2.45) is 0 Å². The van der Waals surface area contributed by atoms with Crippen molar-refractivity contribution in [3.63, 3.8) is 0 Å². The molecule has 16 heavy (non-hydrogen) atoms. The van der Waals surface area contributed by atoms with Crippen LogP contribution in [0.1, 0.15) is 26.2 Å². The van der Waals surface area contributed by atoms with Crippen LogP contribution in [-0.4, -0.2) is 36.2 Å². The van der Waals surface area contributed by atoms with Gasteiger partial charge in [-0.15, -0.1) is 6.58 Å². The van der Waals surface area contributed by atoms with E-state index in [2.05, 4.69) is 11.9 Å². The first-order chi connectivity index (χ1) is 7.61. The number of hydrogen-bond acceptors (Lipinski definition) is 3. The molecule has 0 radical (unpaired) electrons. The summed E-state index contributed by atoms with van der Waals surface area (Å²) in [5.74, 6) is -1.31. The second-order valence-electron chi connectivity index (χ2n) is 3.28. The van der Waals surface area contributed by atoms with Gasteiger partial charge in [0.15, 0.2) is 0 Å². The summed E-state index contributed by atoms with van der Waals surface area (Å²) in [6.45, 7) is 6.46. The lowest BCUT2D eigenvalue weighted by Crippen LogP contribution is -2.40. The maximum atomic E-state index is 11.3. The largest absolute Gasteiger partial charge is 0.480 e. The molecule has 0 aliphatic rings. The van der Waals surface area contributed by atoms with Gasteiger partial charge in [0, 0.05) is 19.6 Å². The number of ether oxygens (including phenoxy) is 1. The molecular weight excluding hydrogens is 210 g/mol. The minimum atomic E-state index is -1.04. The molecule has 0 bridgehead atoms. The third-order valence-corrected chi connectivity index (χ3v) is 1.93. The molecule has 0 saturated heterocycles. The first-order valence-corrected chi connectivity index (χ1v) is 5.32. The fraction of sp³-hybridized carbons (Fsp3) is 0.636. The molecule has 0 saturated carbocycles. The van der Waals surface area contributed by atoms with Crippen LogP contribution in [0.5, 0.6) is 0 Å². The van der Waals surface area contributed by atoms with Crippen molar-refractivity contribution in [1.29, 1.82) is 0 Å². The van der Waals surface area contributed by atoms with Crippen molar-refractivity contribution in [2.75, 3.05) is 13.2 Å². The molecule has 1 amide bonds. The SMILES string of the molecule is C=CCC(NC(=O)CCCOCC)C(=O)O. The Labute approximate surface area is 95.5 Å². The zero-order chi connectivity index (χ0) is 12.4. The summed E-state index contributed by atoms with van der Waals surface area (Å²) in [6, 6.07) is -0.878. The van der Waals surface area contributed by atoms with Crippen LogP contribution < -0.4 is 5.32 Å². The van der Waals surface area contributed by atoms with Crippen LogP contribution in [0.15, 0.2) is 12.7 Å². The number of carboxylic acids is 1. The Morgan fingerprint density at radius 1 is 1.56 bits per heavy atom. The molecule has 0 rings (SSSR count). The Balaban J connectivity index is 3.81. The molecule has 0 aliphatic heterocycles. The van der Waals surface area contributed by atoms with E-state index >= 15 is 0 Å². The van der Waals surface area contributed by atoms with Gasteiger partial charge < -0.3 is 15.2 Å². The Hall–Kier alpha value is -1.36. The fourth-order valence-electron chi connectivity index (χ4n) is 1.13. The van der Waals surface area contributed by atoms with Gasteiger partial charge in [0.25, 0.3) is 0 Å². The molecule has 0 aliphatic carbocycles. The molecule has 92 valence electrons. The quantitative estimate of drug-likeness (QED) is 0.456. The molecule has 0 aromatic carbocycles. The highest BCUT2D eigenvalue weighted by atomic mass is 16.5. The number of rotatable bonds is 9. The van der Waals surface area contributed by atoms with Crippen LogP contribution in [0.4, 0.5) is 0 Å². The minimum Gasteiger partial charge on any atom is -0.480 e. The van der Waals surface area contributed by atoms with E-state index in [1.54, 1.807) is 0 Å². The summed E-state index contributed by atoms with van der Waals surface area (Å²) in [5, 5.41) is 11.2. The summed E-state index contributed by atoms with van der Waals surface area (Å²) >= 11 is 0. The van der Waals surface area contributed by atoms with Crippen LogP contribution in [0.25, 0.3) is 0 Å². The van der Waals surface area contributed by atoms with Gasteiger partial charge >= 0.3 is 5.97 Å². The van der Waals surface area contributed by atoms with Crippen LogP contribution in [-0.2, 0) is 14.3 Å². The highest BCUT2D eigenvalue weighted by Crippen LogP contribution is 1.96. The highest BCUT2D eigenvalue weighted by molar-refractivity contribution is 5.83. The Bertz CT molecular complexity index is 240. The molecular formula is C11H19NO4. The molecule has 1 unspecified atom stereocenters. The summed E-state index contributed by atoms with van der Waals surface area (Å²) < 4.78 is 5.07. The van der Waals surface area contributed by atoms with E-state index in [1.165, 1.54) is 6.08 Å². The Morgan fingerprint density at radius 3 is 2.75 bits per heavy atom. The van der Waals surface area contributed by atoms with Gasteiger partial charge in [-0.2, -0.15) is 0 Å². The van der Waals surface area contributed by atoms with Crippen LogP contribution in [0, 0.1) is 0 Å². The normalized spacial score (nSPS) is 11.8. The maximum absolute atomic E-state index is 11.3. The monoisotopic (exact) mass is 229 g/mol. The van der Waals surface area contributed by atoms with Gasteiger partial charge in [-0.3, -0.25) is 4.79 Å². The molecule has 0 fully saturated rings. The second kappa shape index (κ2) is 8.91. The maximum Gasteiger partial charge on any atom is 0.326 e. The average molecular weight is 229 g/mol. The minimum absolute atomic E-state index is 0.229. The number of carbonyl (C=O) groups is 2. The first-order valence-electron chi connectivity index (χ1n) is 5.32. The average Bonchev–Trinajstić information content (AvgIpc) is 2.23. The lowest BCUT2D eigenvalue weighted by Gasteiger charge is -2.12. The predicted octanol–water partition coefficient (Wildman–Crippen LogP) is 0.949. The van der Waals surface area contributed by atoms with Crippen LogP contribution >= 0.6 is 0 Å². The van der Waals surface area contributed by atoms with Gasteiger partial charge in [-0.05, 0) is 19.8 Å². The third-order valence-electron chi connectivity index (χ3n) is 1.93. The van der Waals surface area contributed by atoms with E-state index in [9.17, 15) is 9.59 Å². The summed E-state index contributed by atoms with van der Waals surface area (Å²) in [5.41, 5.74) is 0. The van der Waals surface area contributed by atoms with Crippen molar-refractivity contribution in [2.45, 2.75) is 32.2 Å². The Morgan fingerprint density at radius 2 is 2.25 bits per heavy atom. The van der Waals surface area contributed by atoms with E-state index in [0.717, 1.165) is 0 Å². The predicted molar refractivity (Wildman–Crippen MR) is 60.1 cm³/mol. The lowest BCUT2D eigenvalue weighted by atomic mass is 10.2. The summed E-state index contributed by atoms with van der Waals surface area (Å²) in [7, 11) is 0. The smallest absolute Gasteiger partial charge is 0.326 e. The van der Waals surface area contributed by atoms with Gasteiger partial charge in [0.05, 0.1) is 0 Å². The van der Waals surface area contributed by atoms with Gasteiger partial charge in [-0.25, -0.2) is 4.79 Å². The van der Waals surface area contributed by atoms with E-state index in [4.69, 9.17) is 9.84 Å². The molecule has 5 heteroatoms. The van der Waals surface area contributed by atoms with Crippen molar-refractivity contribution < 1.29 is 19.4 Å². The topological polar surface area (TPSA) is 75.6 Å². The summed E-state index contributed by atoms with van der Waals surface area (Å²) in [6.07, 6.45) is 2.58. The highest BCUT2D eigenvalue weighted by Gasteiger charge is 2.17. The second-order valence-corrected chi connectivity index (χ2v) is 3.28. The van der Waals surface area contributed by atoms with E-state index in [1.807, 2.05) is 6.92 Å². The number of nitrogens with one attached hydrogen (secondary N) is 1. The van der Waals surface area contributed by atoms with Gasteiger partial charge in [-0.1, -0.05) is 6.08 Å². The summed E-state index contributed by atoms with van der Waals surface area (Å²) in [4.78, 5) is 22.0. The van der Waals surface area contributed by atoms with E-state index in [-0.39, 0.29) is 18.7 Å². The van der Waals surface area contributed by atoms with Crippen molar-refractivity contribution >= 4 is 11.9 Å². The zero-order valence-electron chi connectivity index (χ0n) is 9.57. The van der Waals surface area contributed by atoms with Gasteiger partial charge in [0.2, 0.25) is 5.91 Å². The number of hydrogen-bond donors (Lipinski definition) is 2. The molecule has 0 aromatic heterocycles. The molecule has 0 spiro atoms. The molecule has 5 nitrogen and oxygen atoms in total. The Kier molecular flexibility index (Phi) is 8.15. The number of carbonyl (C=O) groups excluding carboxylic acids is 1. The number of carboxylic acid groups (broad SMARTS) is 1. The molecule has 0 aromatic rings. The third kappa shape index (κ3) is 7.00. The molecule has 0 heterocycles. The van der Waals surface area contributed by atoms with E-state index in [0.29, 0.717) is 19.6 Å². The van der Waals surface area contributed by atoms with Gasteiger partial charge in [0.1, 0.15) is 6.04 Å². The van der Waals surface area contributed by atoms with Crippen LogP contribution in [0.2, 0.25) is 0 Å². The van der Waals surface area contributed by atoms with Crippen molar-refractivity contribution in [1.82, 2.24) is 5.32 Å². The lowest BCUT2D eigenvalue weighted by molar-refractivity contribution is -0.141. The number of amides is 1. The molecule has 1 atom stereocenters. The molecule has 2 N–H and O–H groups in total. The van der Waals surface area contributed by atoms with E-state index < -0.39 is 12.0 Å². The number of aliphatic carboxylic acids is 1.